The third kappa shape index (κ3) is 3.15. The van der Waals surface area contributed by atoms with Crippen LogP contribution in [-0.4, -0.2) is 14.7 Å². The van der Waals surface area contributed by atoms with E-state index in [1.54, 1.807) is 6.92 Å². The first kappa shape index (κ1) is 13.6. The number of aromatic nitrogens is 2. The standard InChI is InChI=1S/C15H20N2O2/c1-4-17-10-16-8-14(17)9-19-15-6-5-13(12(3)18)7-11(15)2/h5-8,10,12,18H,4,9H2,1-3H3/t12-/m0/s1. The molecule has 4 heteroatoms. The van der Waals surface area contributed by atoms with Crippen molar-refractivity contribution >= 4 is 0 Å². The Labute approximate surface area is 113 Å². The van der Waals surface area contributed by atoms with Crippen LogP contribution >= 0.6 is 0 Å². The summed E-state index contributed by atoms with van der Waals surface area (Å²) in [5.41, 5.74) is 2.99. The van der Waals surface area contributed by atoms with Gasteiger partial charge < -0.3 is 14.4 Å². The van der Waals surface area contributed by atoms with Gasteiger partial charge in [0.1, 0.15) is 12.4 Å². The van der Waals surface area contributed by atoms with Crippen LogP contribution in [-0.2, 0) is 13.2 Å². The molecule has 1 heterocycles. The number of hydrogen-bond donors (Lipinski definition) is 1. The quantitative estimate of drug-likeness (QED) is 0.899. The maximum atomic E-state index is 9.54. The summed E-state index contributed by atoms with van der Waals surface area (Å²) in [6.45, 7) is 7.21. The molecule has 0 amide bonds. The maximum Gasteiger partial charge on any atom is 0.130 e. The summed E-state index contributed by atoms with van der Waals surface area (Å²) in [6.07, 6.45) is 3.18. The lowest BCUT2D eigenvalue weighted by Crippen LogP contribution is -2.04. The van der Waals surface area contributed by atoms with Crippen LogP contribution in [0.3, 0.4) is 0 Å². The van der Waals surface area contributed by atoms with E-state index in [4.69, 9.17) is 4.74 Å². The van der Waals surface area contributed by atoms with Crippen molar-refractivity contribution in [1.29, 1.82) is 0 Å². The average Bonchev–Trinajstić information content (AvgIpc) is 2.84. The second kappa shape index (κ2) is 5.89. The molecule has 0 saturated carbocycles. The first-order chi connectivity index (χ1) is 9.11. The van der Waals surface area contributed by atoms with Gasteiger partial charge in [-0.3, -0.25) is 0 Å². The predicted octanol–water partition coefficient (Wildman–Crippen LogP) is 2.84. The van der Waals surface area contributed by atoms with Crippen LogP contribution in [0.1, 0.15) is 36.8 Å². The van der Waals surface area contributed by atoms with Crippen molar-refractivity contribution in [3.05, 3.63) is 47.5 Å². The highest BCUT2D eigenvalue weighted by molar-refractivity contribution is 5.37. The number of ether oxygens (including phenoxy) is 1. The number of rotatable bonds is 5. The lowest BCUT2D eigenvalue weighted by Gasteiger charge is -2.12. The Morgan fingerprint density at radius 3 is 2.84 bits per heavy atom. The molecule has 0 spiro atoms. The molecule has 0 aliphatic rings. The molecule has 0 bridgehead atoms. The van der Waals surface area contributed by atoms with Crippen LogP contribution in [0, 0.1) is 6.92 Å². The van der Waals surface area contributed by atoms with E-state index >= 15 is 0 Å². The Morgan fingerprint density at radius 2 is 2.21 bits per heavy atom. The Hall–Kier alpha value is -1.81. The summed E-state index contributed by atoms with van der Waals surface area (Å²) in [5.74, 6) is 0.841. The molecule has 4 nitrogen and oxygen atoms in total. The second-order valence-electron chi connectivity index (χ2n) is 4.66. The van der Waals surface area contributed by atoms with Crippen LogP contribution in [0.25, 0.3) is 0 Å². The molecule has 102 valence electrons. The van der Waals surface area contributed by atoms with Gasteiger partial charge in [0.25, 0.3) is 0 Å². The van der Waals surface area contributed by atoms with Gasteiger partial charge in [0.05, 0.1) is 24.3 Å². The van der Waals surface area contributed by atoms with Gasteiger partial charge in [0.2, 0.25) is 0 Å². The molecule has 0 radical (unpaired) electrons. The van der Waals surface area contributed by atoms with E-state index in [0.29, 0.717) is 6.61 Å². The summed E-state index contributed by atoms with van der Waals surface area (Å²) in [5, 5.41) is 9.54. The Morgan fingerprint density at radius 1 is 1.42 bits per heavy atom. The van der Waals surface area contributed by atoms with Crippen molar-refractivity contribution < 1.29 is 9.84 Å². The van der Waals surface area contributed by atoms with E-state index in [0.717, 1.165) is 29.1 Å². The van der Waals surface area contributed by atoms with Gasteiger partial charge in [-0.05, 0) is 44.0 Å². The summed E-state index contributed by atoms with van der Waals surface area (Å²) in [6, 6.07) is 5.76. The number of aryl methyl sites for hydroxylation is 2. The zero-order valence-corrected chi connectivity index (χ0v) is 11.6. The third-order valence-corrected chi connectivity index (χ3v) is 3.20. The Balaban J connectivity index is 2.08. The normalized spacial score (nSPS) is 12.4. The topological polar surface area (TPSA) is 47.3 Å². The van der Waals surface area contributed by atoms with Crippen molar-refractivity contribution in [3.63, 3.8) is 0 Å². The fourth-order valence-electron chi connectivity index (χ4n) is 2.00. The van der Waals surface area contributed by atoms with Crippen molar-refractivity contribution in [1.82, 2.24) is 9.55 Å². The second-order valence-corrected chi connectivity index (χ2v) is 4.66. The number of imidazole rings is 1. The molecule has 0 aliphatic carbocycles. The maximum absolute atomic E-state index is 9.54. The predicted molar refractivity (Wildman–Crippen MR) is 74.0 cm³/mol. The summed E-state index contributed by atoms with van der Waals surface area (Å²) >= 11 is 0. The minimum atomic E-state index is -0.450. The summed E-state index contributed by atoms with van der Waals surface area (Å²) < 4.78 is 7.87. The summed E-state index contributed by atoms with van der Waals surface area (Å²) in [7, 11) is 0. The summed E-state index contributed by atoms with van der Waals surface area (Å²) in [4.78, 5) is 4.11. The number of hydrogen-bond acceptors (Lipinski definition) is 3. The SMILES string of the molecule is CCn1cncc1COc1ccc([C@H](C)O)cc1C. The molecule has 0 saturated heterocycles. The zero-order valence-electron chi connectivity index (χ0n) is 11.6. The fourth-order valence-corrected chi connectivity index (χ4v) is 2.00. The lowest BCUT2D eigenvalue weighted by atomic mass is 10.1. The molecular formula is C15H20N2O2. The lowest BCUT2D eigenvalue weighted by molar-refractivity contribution is 0.199. The van der Waals surface area contributed by atoms with Gasteiger partial charge in [0, 0.05) is 6.54 Å². The smallest absolute Gasteiger partial charge is 0.130 e. The highest BCUT2D eigenvalue weighted by Crippen LogP contribution is 2.23. The highest BCUT2D eigenvalue weighted by Gasteiger charge is 2.07. The molecule has 2 rings (SSSR count). The van der Waals surface area contributed by atoms with Crippen molar-refractivity contribution in [2.75, 3.05) is 0 Å². The van der Waals surface area contributed by atoms with Crippen LogP contribution < -0.4 is 4.74 Å². The molecule has 19 heavy (non-hydrogen) atoms. The number of aliphatic hydroxyl groups is 1. The fraction of sp³-hybridized carbons (Fsp3) is 0.400. The first-order valence-electron chi connectivity index (χ1n) is 6.52. The van der Waals surface area contributed by atoms with Gasteiger partial charge in [-0.1, -0.05) is 6.07 Å². The van der Waals surface area contributed by atoms with Gasteiger partial charge in [-0.25, -0.2) is 4.98 Å². The van der Waals surface area contributed by atoms with Crippen molar-refractivity contribution in [2.24, 2.45) is 0 Å². The molecule has 1 aromatic carbocycles. The molecule has 0 aliphatic heterocycles. The van der Waals surface area contributed by atoms with E-state index in [9.17, 15) is 5.11 Å². The van der Waals surface area contributed by atoms with E-state index < -0.39 is 6.10 Å². The minimum Gasteiger partial charge on any atom is -0.487 e. The van der Waals surface area contributed by atoms with Crippen molar-refractivity contribution in [3.8, 4) is 5.75 Å². The van der Waals surface area contributed by atoms with Crippen LogP contribution in [0.15, 0.2) is 30.7 Å². The molecule has 1 N–H and O–H groups in total. The van der Waals surface area contributed by atoms with E-state index in [1.807, 2.05) is 37.6 Å². The van der Waals surface area contributed by atoms with Gasteiger partial charge in [-0.15, -0.1) is 0 Å². The minimum absolute atomic E-state index is 0.450. The molecule has 0 fully saturated rings. The van der Waals surface area contributed by atoms with E-state index in [1.165, 1.54) is 0 Å². The first-order valence-corrected chi connectivity index (χ1v) is 6.52. The Kier molecular flexibility index (Phi) is 4.22. The van der Waals surface area contributed by atoms with Crippen LogP contribution in [0.4, 0.5) is 0 Å². The molecule has 0 unspecified atom stereocenters. The zero-order chi connectivity index (χ0) is 13.8. The van der Waals surface area contributed by atoms with Crippen molar-refractivity contribution in [2.45, 2.75) is 40.0 Å². The van der Waals surface area contributed by atoms with Gasteiger partial charge in [-0.2, -0.15) is 0 Å². The number of nitrogens with zero attached hydrogens (tertiary/aromatic N) is 2. The molecular weight excluding hydrogens is 240 g/mol. The van der Waals surface area contributed by atoms with Crippen LogP contribution in [0.2, 0.25) is 0 Å². The average molecular weight is 260 g/mol. The van der Waals surface area contributed by atoms with Crippen LogP contribution in [0.5, 0.6) is 5.75 Å². The molecule has 2 aromatic rings. The van der Waals surface area contributed by atoms with Gasteiger partial charge >= 0.3 is 0 Å². The van der Waals surface area contributed by atoms with E-state index in [-0.39, 0.29) is 0 Å². The molecule has 1 aromatic heterocycles. The largest absolute Gasteiger partial charge is 0.487 e. The van der Waals surface area contributed by atoms with Gasteiger partial charge in [0.15, 0.2) is 0 Å². The monoisotopic (exact) mass is 260 g/mol. The van der Waals surface area contributed by atoms with E-state index in [2.05, 4.69) is 16.5 Å². The highest BCUT2D eigenvalue weighted by atomic mass is 16.5. The molecule has 1 atom stereocenters. The Bertz CT molecular complexity index is 547. The number of benzene rings is 1. The third-order valence-electron chi connectivity index (χ3n) is 3.20. The number of aliphatic hydroxyl groups excluding tert-OH is 1.